The fourth-order valence-electron chi connectivity index (χ4n) is 2.08. The van der Waals surface area contributed by atoms with Crippen LogP contribution in [0.5, 0.6) is 0 Å². The van der Waals surface area contributed by atoms with Gasteiger partial charge in [0.15, 0.2) is 0 Å². The van der Waals surface area contributed by atoms with Crippen molar-refractivity contribution in [2.75, 3.05) is 45.9 Å². The summed E-state index contributed by atoms with van der Waals surface area (Å²) >= 11 is 0. The van der Waals surface area contributed by atoms with Gasteiger partial charge in [-0.25, -0.2) is 0 Å². The van der Waals surface area contributed by atoms with E-state index in [9.17, 15) is 9.59 Å². The molecule has 1 heterocycles. The van der Waals surface area contributed by atoms with Crippen LogP contribution < -0.4 is 10.6 Å². The van der Waals surface area contributed by atoms with Crippen LogP contribution in [0.1, 0.15) is 33.6 Å². The van der Waals surface area contributed by atoms with Crippen molar-refractivity contribution in [3.63, 3.8) is 0 Å². The Morgan fingerprint density at radius 1 is 1.10 bits per heavy atom. The Bertz CT molecular complexity index is 339. The number of nitrogens with zero attached hydrogens (tertiary/aromatic N) is 1. The van der Waals surface area contributed by atoms with Crippen LogP contribution >= 0.6 is 0 Å². The average Bonchev–Trinajstić information content (AvgIpc) is 2.48. The van der Waals surface area contributed by atoms with E-state index < -0.39 is 5.41 Å². The molecule has 2 N–H and O–H groups in total. The van der Waals surface area contributed by atoms with Gasteiger partial charge in [0.05, 0.1) is 13.2 Å². The molecule has 0 saturated carbocycles. The number of carbonyl (C=O) groups is 2. The molecule has 0 aliphatic carbocycles. The van der Waals surface area contributed by atoms with E-state index in [-0.39, 0.29) is 11.8 Å². The molecular weight excluding hydrogens is 270 g/mol. The number of unbranched alkanes of at least 4 members (excludes halogenated alkanes) is 1. The first kappa shape index (κ1) is 17.9. The molecule has 1 aliphatic heterocycles. The first-order valence-electron chi connectivity index (χ1n) is 7.85. The topological polar surface area (TPSA) is 70.7 Å². The van der Waals surface area contributed by atoms with Gasteiger partial charge in [-0.2, -0.15) is 0 Å². The van der Waals surface area contributed by atoms with Gasteiger partial charge >= 0.3 is 0 Å². The van der Waals surface area contributed by atoms with E-state index in [0.29, 0.717) is 13.1 Å². The molecule has 0 radical (unpaired) electrons. The molecule has 2 amide bonds. The lowest BCUT2D eigenvalue weighted by Gasteiger charge is -2.27. The van der Waals surface area contributed by atoms with Gasteiger partial charge in [-0.3, -0.25) is 14.5 Å². The first-order valence-corrected chi connectivity index (χ1v) is 7.85. The fraction of sp³-hybridized carbons (Fsp3) is 0.867. The van der Waals surface area contributed by atoms with Crippen molar-refractivity contribution < 1.29 is 14.3 Å². The van der Waals surface area contributed by atoms with Gasteiger partial charge < -0.3 is 15.4 Å². The van der Waals surface area contributed by atoms with Crippen molar-refractivity contribution >= 4 is 11.8 Å². The molecule has 21 heavy (non-hydrogen) atoms. The Hall–Kier alpha value is -1.14. The molecule has 0 aromatic heterocycles. The van der Waals surface area contributed by atoms with Crippen molar-refractivity contribution in [1.82, 2.24) is 15.5 Å². The largest absolute Gasteiger partial charge is 0.379 e. The van der Waals surface area contributed by atoms with Gasteiger partial charge in [-0.1, -0.05) is 13.3 Å². The van der Waals surface area contributed by atoms with Crippen LogP contribution in [0, 0.1) is 5.41 Å². The van der Waals surface area contributed by atoms with Crippen LogP contribution in [0.25, 0.3) is 0 Å². The van der Waals surface area contributed by atoms with Gasteiger partial charge in [0.2, 0.25) is 11.8 Å². The summed E-state index contributed by atoms with van der Waals surface area (Å²) in [6.07, 6.45) is 1.95. The maximum atomic E-state index is 12.2. The third kappa shape index (κ3) is 6.01. The molecule has 6 heteroatoms. The summed E-state index contributed by atoms with van der Waals surface area (Å²) in [6, 6.07) is 0. The molecule has 6 nitrogen and oxygen atoms in total. The molecule has 0 aromatic rings. The lowest BCUT2D eigenvalue weighted by molar-refractivity contribution is -0.141. The second kappa shape index (κ2) is 9.00. The standard InChI is InChI=1S/C15H29N3O3/c1-4-5-6-16-13(19)15(2,3)14(20)17-7-8-18-9-11-21-12-10-18/h4-12H2,1-3H3,(H,16,19)(H,17,20). The number of morpholine rings is 1. The quantitative estimate of drug-likeness (QED) is 0.502. The van der Waals surface area contributed by atoms with Crippen molar-refractivity contribution in [3.8, 4) is 0 Å². The van der Waals surface area contributed by atoms with Crippen LogP contribution in [-0.2, 0) is 14.3 Å². The monoisotopic (exact) mass is 299 g/mol. The molecule has 0 atom stereocenters. The zero-order chi connectivity index (χ0) is 15.7. The highest BCUT2D eigenvalue weighted by Crippen LogP contribution is 2.15. The Labute approximate surface area is 127 Å². The van der Waals surface area contributed by atoms with E-state index >= 15 is 0 Å². The van der Waals surface area contributed by atoms with E-state index in [1.54, 1.807) is 13.8 Å². The van der Waals surface area contributed by atoms with E-state index in [1.165, 1.54) is 0 Å². The van der Waals surface area contributed by atoms with Gasteiger partial charge in [0.25, 0.3) is 0 Å². The summed E-state index contributed by atoms with van der Waals surface area (Å²) < 4.78 is 5.28. The summed E-state index contributed by atoms with van der Waals surface area (Å²) in [7, 11) is 0. The van der Waals surface area contributed by atoms with Crippen LogP contribution in [-0.4, -0.2) is 62.7 Å². The molecule has 1 aliphatic rings. The van der Waals surface area contributed by atoms with Gasteiger partial charge in [0, 0.05) is 32.7 Å². The fourth-order valence-corrected chi connectivity index (χ4v) is 2.08. The normalized spacial score (nSPS) is 16.5. The number of ether oxygens (including phenoxy) is 1. The number of amides is 2. The third-order valence-electron chi connectivity index (χ3n) is 3.77. The first-order chi connectivity index (χ1) is 9.98. The Kier molecular flexibility index (Phi) is 7.67. The molecule has 0 bridgehead atoms. The van der Waals surface area contributed by atoms with E-state index in [0.717, 1.165) is 45.7 Å². The maximum absolute atomic E-state index is 12.2. The zero-order valence-electron chi connectivity index (χ0n) is 13.5. The van der Waals surface area contributed by atoms with Gasteiger partial charge in [-0.05, 0) is 20.3 Å². The predicted molar refractivity (Wildman–Crippen MR) is 82.0 cm³/mol. The molecule has 1 saturated heterocycles. The number of hydrogen-bond donors (Lipinski definition) is 2. The molecule has 1 rings (SSSR count). The Balaban J connectivity index is 2.29. The van der Waals surface area contributed by atoms with Crippen molar-refractivity contribution in [2.24, 2.45) is 5.41 Å². The second-order valence-electron chi connectivity index (χ2n) is 5.94. The van der Waals surface area contributed by atoms with Crippen molar-refractivity contribution in [3.05, 3.63) is 0 Å². The second-order valence-corrected chi connectivity index (χ2v) is 5.94. The summed E-state index contributed by atoms with van der Waals surface area (Å²) in [5, 5.41) is 5.68. The summed E-state index contributed by atoms with van der Waals surface area (Å²) in [6.45, 7) is 10.7. The minimum absolute atomic E-state index is 0.208. The summed E-state index contributed by atoms with van der Waals surface area (Å²) in [5.74, 6) is -0.426. The van der Waals surface area contributed by atoms with Crippen LogP contribution in [0.15, 0.2) is 0 Å². The molecular formula is C15H29N3O3. The highest BCUT2D eigenvalue weighted by Gasteiger charge is 2.35. The Morgan fingerprint density at radius 3 is 2.24 bits per heavy atom. The molecule has 0 aromatic carbocycles. The zero-order valence-corrected chi connectivity index (χ0v) is 13.5. The molecule has 0 spiro atoms. The lowest BCUT2D eigenvalue weighted by atomic mass is 9.91. The SMILES string of the molecule is CCCCNC(=O)C(C)(C)C(=O)NCCN1CCOCC1. The number of nitrogens with one attached hydrogen (secondary N) is 2. The molecule has 1 fully saturated rings. The Morgan fingerprint density at radius 2 is 1.67 bits per heavy atom. The lowest BCUT2D eigenvalue weighted by Crippen LogP contribution is -2.50. The van der Waals surface area contributed by atoms with Crippen LogP contribution in [0.3, 0.4) is 0 Å². The van der Waals surface area contributed by atoms with Crippen LogP contribution in [0.4, 0.5) is 0 Å². The molecule has 0 unspecified atom stereocenters. The minimum Gasteiger partial charge on any atom is -0.379 e. The van der Waals surface area contributed by atoms with E-state index in [2.05, 4.69) is 22.5 Å². The van der Waals surface area contributed by atoms with E-state index in [4.69, 9.17) is 4.74 Å². The highest BCUT2D eigenvalue weighted by atomic mass is 16.5. The van der Waals surface area contributed by atoms with Crippen molar-refractivity contribution in [2.45, 2.75) is 33.6 Å². The highest BCUT2D eigenvalue weighted by molar-refractivity contribution is 6.04. The predicted octanol–water partition coefficient (Wildman–Crippen LogP) is 0.377. The number of rotatable bonds is 8. The van der Waals surface area contributed by atoms with Gasteiger partial charge in [0.1, 0.15) is 5.41 Å². The minimum atomic E-state index is -1.03. The maximum Gasteiger partial charge on any atom is 0.235 e. The smallest absolute Gasteiger partial charge is 0.235 e. The van der Waals surface area contributed by atoms with Gasteiger partial charge in [-0.15, -0.1) is 0 Å². The molecule has 122 valence electrons. The van der Waals surface area contributed by atoms with Crippen molar-refractivity contribution in [1.29, 1.82) is 0 Å². The number of carbonyl (C=O) groups excluding carboxylic acids is 2. The van der Waals surface area contributed by atoms with E-state index in [1.807, 2.05) is 0 Å². The average molecular weight is 299 g/mol. The third-order valence-corrected chi connectivity index (χ3v) is 3.77. The summed E-state index contributed by atoms with van der Waals surface area (Å²) in [5.41, 5.74) is -1.03. The number of hydrogen-bond acceptors (Lipinski definition) is 4. The summed E-state index contributed by atoms with van der Waals surface area (Å²) in [4.78, 5) is 26.5. The van der Waals surface area contributed by atoms with Crippen LogP contribution in [0.2, 0.25) is 0 Å².